The molecule has 0 atom stereocenters. The lowest BCUT2D eigenvalue weighted by Crippen LogP contribution is -2.07. The Morgan fingerprint density at radius 2 is 1.75 bits per heavy atom. The van der Waals surface area contributed by atoms with Gasteiger partial charge in [-0.05, 0) is 17.7 Å². The molecule has 0 aliphatic rings. The second-order valence-corrected chi connectivity index (χ2v) is 6.21. The number of nitrogen functional groups attached to an aromatic ring is 1. The first kappa shape index (κ1) is 20.7. The van der Waals surface area contributed by atoms with Gasteiger partial charge in [-0.3, -0.25) is 4.79 Å². The summed E-state index contributed by atoms with van der Waals surface area (Å²) in [6, 6.07) is 6.85. The van der Waals surface area contributed by atoms with Crippen molar-refractivity contribution in [2.75, 3.05) is 32.8 Å². The van der Waals surface area contributed by atoms with Gasteiger partial charge in [-0.2, -0.15) is 10.5 Å². The van der Waals surface area contributed by atoms with Gasteiger partial charge < -0.3 is 25.1 Å². The Bertz CT molecular complexity index is 985. The number of carbonyl (C=O) groups excluding carboxylic acids is 1. The maximum absolute atomic E-state index is 11.5. The molecule has 0 saturated carbocycles. The van der Waals surface area contributed by atoms with Gasteiger partial charge in [-0.15, -0.1) is 0 Å². The molecule has 0 bridgehead atoms. The number of hydrogen-bond acceptors (Lipinski definition) is 10. The first-order chi connectivity index (χ1) is 13.4. The summed E-state index contributed by atoms with van der Waals surface area (Å²) in [5.74, 6) is -0.760. The fraction of sp³-hybridized carbons (Fsp3) is 0.222. The highest BCUT2D eigenvalue weighted by atomic mass is 32.2. The van der Waals surface area contributed by atoms with Crippen molar-refractivity contribution in [2.45, 2.75) is 5.03 Å². The van der Waals surface area contributed by atoms with E-state index in [1.165, 1.54) is 33.5 Å². The second kappa shape index (κ2) is 8.84. The van der Waals surface area contributed by atoms with Gasteiger partial charge >= 0.3 is 5.97 Å². The lowest BCUT2D eigenvalue weighted by molar-refractivity contribution is -0.137. The lowest BCUT2D eigenvalue weighted by Gasteiger charge is -2.15. The van der Waals surface area contributed by atoms with Crippen LogP contribution < -0.4 is 15.2 Å². The summed E-state index contributed by atoms with van der Waals surface area (Å²) in [5, 5.41) is 29.6. The van der Waals surface area contributed by atoms with E-state index in [0.717, 1.165) is 11.8 Å². The number of esters is 1. The molecule has 2 aromatic rings. The lowest BCUT2D eigenvalue weighted by atomic mass is 9.96. The molecule has 0 unspecified atom stereocenters. The number of aromatic nitrogens is 1. The van der Waals surface area contributed by atoms with E-state index in [4.69, 9.17) is 15.2 Å². The smallest absolute Gasteiger partial charge is 0.316 e. The fourth-order valence-electron chi connectivity index (χ4n) is 2.42. The van der Waals surface area contributed by atoms with Gasteiger partial charge in [0.15, 0.2) is 11.5 Å². The Kier molecular flexibility index (Phi) is 6.53. The molecule has 1 aromatic carbocycles. The van der Waals surface area contributed by atoms with Crippen molar-refractivity contribution in [3.8, 4) is 40.5 Å². The Labute approximate surface area is 165 Å². The van der Waals surface area contributed by atoms with E-state index in [2.05, 4.69) is 9.72 Å². The third-order valence-electron chi connectivity index (χ3n) is 3.74. The van der Waals surface area contributed by atoms with Gasteiger partial charge in [0, 0.05) is 5.56 Å². The summed E-state index contributed by atoms with van der Waals surface area (Å²) in [7, 11) is 3.95. The van der Waals surface area contributed by atoms with Crippen molar-refractivity contribution in [3.63, 3.8) is 0 Å². The van der Waals surface area contributed by atoms with Crippen LogP contribution in [0.5, 0.6) is 17.2 Å². The summed E-state index contributed by atoms with van der Waals surface area (Å²) in [5.41, 5.74) is 6.50. The van der Waals surface area contributed by atoms with Crippen LogP contribution in [0.1, 0.15) is 11.1 Å². The summed E-state index contributed by atoms with van der Waals surface area (Å²) >= 11 is 0.960. The molecule has 0 aliphatic heterocycles. The number of methoxy groups -OCH3 is 3. The summed E-state index contributed by atoms with van der Waals surface area (Å²) in [6.45, 7) is 0. The van der Waals surface area contributed by atoms with Crippen molar-refractivity contribution < 1.29 is 24.1 Å². The third kappa shape index (κ3) is 3.87. The van der Waals surface area contributed by atoms with Crippen molar-refractivity contribution >= 4 is 23.5 Å². The van der Waals surface area contributed by atoms with Gasteiger partial charge in [0.05, 0.1) is 32.6 Å². The SMILES string of the molecule is COC(=O)CSc1nc(N)c(C#N)c(-c2cc(OC)c(O)c(OC)c2)c1C#N. The number of phenolic OH excluding ortho intramolecular Hbond substituents is 1. The van der Waals surface area contributed by atoms with Crippen LogP contribution in [0.25, 0.3) is 11.1 Å². The Hall–Kier alpha value is -3.63. The highest BCUT2D eigenvalue weighted by Crippen LogP contribution is 2.43. The fourth-order valence-corrected chi connectivity index (χ4v) is 3.24. The third-order valence-corrected chi connectivity index (χ3v) is 4.69. The first-order valence-corrected chi connectivity index (χ1v) is 8.68. The van der Waals surface area contributed by atoms with E-state index >= 15 is 0 Å². The molecule has 0 amide bonds. The van der Waals surface area contributed by atoms with E-state index in [9.17, 15) is 20.4 Å². The molecule has 28 heavy (non-hydrogen) atoms. The minimum Gasteiger partial charge on any atom is -0.502 e. The molecule has 0 spiro atoms. The van der Waals surface area contributed by atoms with Crippen molar-refractivity contribution in [3.05, 3.63) is 23.3 Å². The average molecular weight is 400 g/mol. The molecule has 0 saturated heterocycles. The molecule has 0 radical (unpaired) electrons. The predicted octanol–water partition coefficient (Wildman–Crippen LogP) is 2.06. The quantitative estimate of drug-likeness (QED) is 0.544. The average Bonchev–Trinajstić information content (AvgIpc) is 2.71. The molecular formula is C18H16N4O5S. The Balaban J connectivity index is 2.79. The van der Waals surface area contributed by atoms with Crippen LogP contribution in [-0.4, -0.2) is 43.1 Å². The van der Waals surface area contributed by atoms with Gasteiger partial charge in [-0.1, -0.05) is 11.8 Å². The largest absolute Gasteiger partial charge is 0.502 e. The van der Waals surface area contributed by atoms with Crippen molar-refractivity contribution in [2.24, 2.45) is 0 Å². The van der Waals surface area contributed by atoms with E-state index in [-0.39, 0.29) is 50.5 Å². The summed E-state index contributed by atoms with van der Waals surface area (Å²) in [4.78, 5) is 15.5. The predicted molar refractivity (Wildman–Crippen MR) is 101 cm³/mol. The van der Waals surface area contributed by atoms with Crippen LogP contribution in [-0.2, 0) is 9.53 Å². The number of phenols is 1. The van der Waals surface area contributed by atoms with E-state index in [1.54, 1.807) is 0 Å². The first-order valence-electron chi connectivity index (χ1n) is 7.70. The maximum atomic E-state index is 11.5. The zero-order chi connectivity index (χ0) is 20.8. The van der Waals surface area contributed by atoms with Gasteiger partial charge in [-0.25, -0.2) is 4.98 Å². The number of nitriles is 2. The Morgan fingerprint density at radius 1 is 1.18 bits per heavy atom. The molecule has 144 valence electrons. The number of benzene rings is 1. The zero-order valence-electron chi connectivity index (χ0n) is 15.3. The van der Waals surface area contributed by atoms with E-state index in [0.29, 0.717) is 5.56 Å². The maximum Gasteiger partial charge on any atom is 0.316 e. The number of nitrogens with two attached hydrogens (primary N) is 1. The second-order valence-electron chi connectivity index (χ2n) is 5.24. The Morgan fingerprint density at radius 3 is 2.21 bits per heavy atom. The number of nitrogens with zero attached hydrogens (tertiary/aromatic N) is 3. The summed E-state index contributed by atoms with van der Waals surface area (Å²) < 4.78 is 14.9. The topological polar surface area (TPSA) is 151 Å². The minimum atomic E-state index is -0.506. The van der Waals surface area contributed by atoms with Gasteiger partial charge in [0.1, 0.15) is 28.5 Å². The molecule has 0 aliphatic carbocycles. The number of thioether (sulfide) groups is 1. The van der Waals surface area contributed by atoms with Gasteiger partial charge in [0.2, 0.25) is 5.75 Å². The van der Waals surface area contributed by atoms with Crippen LogP contribution in [0.2, 0.25) is 0 Å². The number of rotatable bonds is 6. The molecule has 1 aromatic heterocycles. The van der Waals surface area contributed by atoms with E-state index in [1.807, 2.05) is 12.1 Å². The highest BCUT2D eigenvalue weighted by molar-refractivity contribution is 7.99. The van der Waals surface area contributed by atoms with Crippen LogP contribution in [0, 0.1) is 22.7 Å². The number of hydrogen-bond donors (Lipinski definition) is 2. The number of ether oxygens (including phenoxy) is 3. The molecule has 1 heterocycles. The number of anilines is 1. The molecule has 3 N–H and O–H groups in total. The van der Waals surface area contributed by atoms with Crippen molar-refractivity contribution in [1.29, 1.82) is 10.5 Å². The van der Waals surface area contributed by atoms with E-state index < -0.39 is 5.97 Å². The van der Waals surface area contributed by atoms with Crippen LogP contribution in [0.15, 0.2) is 17.2 Å². The molecule has 0 fully saturated rings. The minimum absolute atomic E-state index is 0.0197. The normalized spacial score (nSPS) is 9.89. The van der Waals surface area contributed by atoms with Crippen molar-refractivity contribution in [1.82, 2.24) is 4.98 Å². The van der Waals surface area contributed by atoms with Gasteiger partial charge in [0.25, 0.3) is 0 Å². The number of carbonyl (C=O) groups is 1. The van der Waals surface area contributed by atoms with Crippen LogP contribution in [0.4, 0.5) is 5.82 Å². The van der Waals surface area contributed by atoms with Crippen LogP contribution >= 0.6 is 11.8 Å². The monoisotopic (exact) mass is 400 g/mol. The standard InChI is InChI=1S/C18H16N4O5S/c1-25-12-4-9(5-13(26-2)16(12)24)15-10(6-19)17(21)22-18(11(15)7-20)28-8-14(23)27-3/h4-5,24H,8H2,1-3H3,(H2,21,22). The molecule has 2 rings (SSSR count). The number of aromatic hydroxyl groups is 1. The van der Waals surface area contributed by atoms with Crippen LogP contribution in [0.3, 0.4) is 0 Å². The summed E-state index contributed by atoms with van der Waals surface area (Å²) in [6.07, 6.45) is 0. The zero-order valence-corrected chi connectivity index (χ0v) is 16.1. The highest BCUT2D eigenvalue weighted by Gasteiger charge is 2.23. The number of pyridine rings is 1. The molecule has 9 nitrogen and oxygen atoms in total. The molecule has 10 heteroatoms. The molecular weight excluding hydrogens is 384 g/mol.